The highest BCUT2D eigenvalue weighted by Gasteiger charge is 2.09. The highest BCUT2D eigenvalue weighted by molar-refractivity contribution is 5.56. The molecule has 1 unspecified atom stereocenters. The molecule has 0 saturated carbocycles. The molecule has 1 aromatic rings. The van der Waals surface area contributed by atoms with Gasteiger partial charge in [-0.3, -0.25) is 0 Å². The summed E-state index contributed by atoms with van der Waals surface area (Å²) in [5, 5.41) is 0. The molecule has 0 aliphatic carbocycles. The van der Waals surface area contributed by atoms with Gasteiger partial charge in [0.05, 0.1) is 6.04 Å². The maximum atomic E-state index is 3.81. The van der Waals surface area contributed by atoms with Crippen LogP contribution in [0.25, 0.3) is 6.08 Å². The molecule has 0 saturated heterocycles. The molecule has 0 radical (unpaired) electrons. The zero-order valence-corrected chi connectivity index (χ0v) is 12.2. The number of rotatable bonds is 5. The van der Waals surface area contributed by atoms with Gasteiger partial charge in [-0.2, -0.15) is 0 Å². The minimum Gasteiger partial charge on any atom is -0.378 e. The molecule has 1 aliphatic rings. The van der Waals surface area contributed by atoms with Crippen molar-refractivity contribution in [3.63, 3.8) is 0 Å². The van der Waals surface area contributed by atoms with Crippen LogP contribution in [0.3, 0.4) is 0 Å². The quantitative estimate of drug-likeness (QED) is 0.750. The predicted molar refractivity (Wildman–Crippen MR) is 88.8 cm³/mol. The third-order valence-electron chi connectivity index (χ3n) is 3.32. The van der Waals surface area contributed by atoms with E-state index in [9.17, 15) is 0 Å². The highest BCUT2D eigenvalue weighted by atomic mass is 15.1. The van der Waals surface area contributed by atoms with E-state index in [1.54, 1.807) is 0 Å². The lowest BCUT2D eigenvalue weighted by atomic mass is 10.1. The van der Waals surface area contributed by atoms with E-state index in [-0.39, 0.29) is 0 Å². The molecule has 0 N–H and O–H groups in total. The van der Waals surface area contributed by atoms with Crippen molar-refractivity contribution in [2.75, 3.05) is 25.5 Å². The first-order valence-corrected chi connectivity index (χ1v) is 6.88. The Labute approximate surface area is 122 Å². The molecule has 20 heavy (non-hydrogen) atoms. The van der Waals surface area contributed by atoms with Crippen LogP contribution < -0.4 is 4.90 Å². The van der Waals surface area contributed by atoms with Gasteiger partial charge in [-0.05, 0) is 23.8 Å². The molecule has 104 valence electrons. The Morgan fingerprint density at radius 3 is 2.60 bits per heavy atom. The molecule has 2 rings (SSSR count). The zero-order chi connectivity index (χ0) is 14.4. The fourth-order valence-electron chi connectivity index (χ4n) is 2.15. The first kappa shape index (κ1) is 14.2. The number of allylic oxidation sites excluding steroid dienone is 2. The molecule has 2 nitrogen and oxygen atoms in total. The Morgan fingerprint density at radius 1 is 1.20 bits per heavy atom. The summed E-state index contributed by atoms with van der Waals surface area (Å²) in [4.78, 5) is 4.35. The van der Waals surface area contributed by atoms with Crippen molar-refractivity contribution < 1.29 is 0 Å². The van der Waals surface area contributed by atoms with Gasteiger partial charge in [0.25, 0.3) is 0 Å². The standard InChI is InChI=1S/C18H22N2/c1-4-14-20-15-6-5-7-18(20)13-10-16-8-11-17(12-9-16)19(2)3/h4-13,15,18H,1,14H2,2-3H3/b13-10+. The summed E-state index contributed by atoms with van der Waals surface area (Å²) in [5.74, 6) is 0. The summed E-state index contributed by atoms with van der Waals surface area (Å²) >= 11 is 0. The van der Waals surface area contributed by atoms with E-state index in [0.717, 1.165) is 6.54 Å². The summed E-state index contributed by atoms with van der Waals surface area (Å²) in [6, 6.07) is 8.86. The van der Waals surface area contributed by atoms with Crippen molar-refractivity contribution >= 4 is 11.8 Å². The topological polar surface area (TPSA) is 6.48 Å². The normalized spacial score (nSPS) is 17.7. The second kappa shape index (κ2) is 6.80. The van der Waals surface area contributed by atoms with Gasteiger partial charge in [0.1, 0.15) is 0 Å². The minimum absolute atomic E-state index is 0.298. The molecule has 1 aromatic carbocycles. The van der Waals surface area contributed by atoms with Gasteiger partial charge in [-0.15, -0.1) is 6.58 Å². The van der Waals surface area contributed by atoms with Crippen LogP contribution in [0.1, 0.15) is 5.56 Å². The number of nitrogens with zero attached hydrogens (tertiary/aromatic N) is 2. The number of benzene rings is 1. The molecule has 2 heteroatoms. The Kier molecular flexibility index (Phi) is 4.83. The van der Waals surface area contributed by atoms with Gasteiger partial charge >= 0.3 is 0 Å². The molecular weight excluding hydrogens is 244 g/mol. The molecule has 0 aromatic heterocycles. The van der Waals surface area contributed by atoms with Crippen LogP contribution in [-0.2, 0) is 0 Å². The van der Waals surface area contributed by atoms with Gasteiger partial charge in [-0.25, -0.2) is 0 Å². The Hall–Kier alpha value is -2.22. The van der Waals surface area contributed by atoms with Crippen LogP contribution in [0.5, 0.6) is 0 Å². The fraction of sp³-hybridized carbons (Fsp3) is 0.222. The maximum absolute atomic E-state index is 3.81. The molecular formula is C18H22N2. The van der Waals surface area contributed by atoms with Crippen LogP contribution >= 0.6 is 0 Å². The van der Waals surface area contributed by atoms with Gasteiger partial charge in [-0.1, -0.05) is 42.5 Å². The van der Waals surface area contributed by atoms with Gasteiger partial charge < -0.3 is 9.80 Å². The SMILES string of the molecule is C=CCN1C=CC=CC1/C=C/c1ccc(N(C)C)cc1. The van der Waals surface area contributed by atoms with Gasteiger partial charge in [0.15, 0.2) is 0 Å². The van der Waals surface area contributed by atoms with Crippen LogP contribution in [0.15, 0.2) is 67.4 Å². The van der Waals surface area contributed by atoms with E-state index in [0.29, 0.717) is 6.04 Å². The zero-order valence-electron chi connectivity index (χ0n) is 12.2. The van der Waals surface area contributed by atoms with Crippen molar-refractivity contribution in [2.45, 2.75) is 6.04 Å². The maximum Gasteiger partial charge on any atom is 0.0661 e. The van der Waals surface area contributed by atoms with E-state index in [2.05, 4.69) is 91.3 Å². The van der Waals surface area contributed by atoms with Gasteiger partial charge in [0, 0.05) is 32.5 Å². The lowest BCUT2D eigenvalue weighted by molar-refractivity contribution is 0.395. The molecule has 1 aliphatic heterocycles. The summed E-state index contributed by atoms with van der Waals surface area (Å²) in [6.07, 6.45) is 14.7. The van der Waals surface area contributed by atoms with Crippen molar-refractivity contribution in [3.05, 3.63) is 73.0 Å². The summed E-state index contributed by atoms with van der Waals surface area (Å²) < 4.78 is 0. The first-order chi connectivity index (χ1) is 9.70. The largest absolute Gasteiger partial charge is 0.378 e. The van der Waals surface area contributed by atoms with Crippen molar-refractivity contribution in [1.82, 2.24) is 4.90 Å². The lowest BCUT2D eigenvalue weighted by Gasteiger charge is -2.26. The molecule has 0 amide bonds. The third-order valence-corrected chi connectivity index (χ3v) is 3.32. The summed E-state index contributed by atoms with van der Waals surface area (Å²) in [7, 11) is 4.11. The Morgan fingerprint density at radius 2 is 1.95 bits per heavy atom. The van der Waals surface area contributed by atoms with Crippen LogP contribution in [-0.4, -0.2) is 31.6 Å². The smallest absolute Gasteiger partial charge is 0.0661 e. The van der Waals surface area contributed by atoms with E-state index in [4.69, 9.17) is 0 Å². The van der Waals surface area contributed by atoms with Crippen LogP contribution in [0, 0.1) is 0 Å². The predicted octanol–water partition coefficient (Wildman–Crippen LogP) is 3.71. The summed E-state index contributed by atoms with van der Waals surface area (Å²) in [5.41, 5.74) is 2.44. The van der Waals surface area contributed by atoms with Crippen LogP contribution in [0.2, 0.25) is 0 Å². The Balaban J connectivity index is 2.06. The van der Waals surface area contributed by atoms with Crippen molar-refractivity contribution in [1.29, 1.82) is 0 Å². The van der Waals surface area contributed by atoms with Crippen LogP contribution in [0.4, 0.5) is 5.69 Å². The third kappa shape index (κ3) is 3.64. The highest BCUT2D eigenvalue weighted by Crippen LogP contribution is 2.15. The molecule has 0 spiro atoms. The van der Waals surface area contributed by atoms with E-state index in [1.807, 2.05) is 6.08 Å². The van der Waals surface area contributed by atoms with E-state index < -0.39 is 0 Å². The Bertz CT molecular complexity index is 521. The monoisotopic (exact) mass is 266 g/mol. The number of hydrogen-bond donors (Lipinski definition) is 0. The second-order valence-electron chi connectivity index (χ2n) is 5.05. The number of anilines is 1. The molecule has 0 bridgehead atoms. The lowest BCUT2D eigenvalue weighted by Crippen LogP contribution is -2.28. The van der Waals surface area contributed by atoms with Crippen molar-refractivity contribution in [2.24, 2.45) is 0 Å². The fourth-order valence-corrected chi connectivity index (χ4v) is 2.15. The van der Waals surface area contributed by atoms with Gasteiger partial charge in [0.2, 0.25) is 0 Å². The second-order valence-corrected chi connectivity index (χ2v) is 5.05. The number of hydrogen-bond acceptors (Lipinski definition) is 2. The summed E-state index contributed by atoms with van der Waals surface area (Å²) in [6.45, 7) is 4.66. The molecule has 1 heterocycles. The molecule has 1 atom stereocenters. The van der Waals surface area contributed by atoms with E-state index in [1.165, 1.54) is 11.3 Å². The van der Waals surface area contributed by atoms with Crippen molar-refractivity contribution in [3.8, 4) is 0 Å². The average molecular weight is 266 g/mol. The minimum atomic E-state index is 0.298. The van der Waals surface area contributed by atoms with E-state index >= 15 is 0 Å². The first-order valence-electron chi connectivity index (χ1n) is 6.88. The average Bonchev–Trinajstić information content (AvgIpc) is 2.47. The molecule has 0 fully saturated rings.